The Hall–Kier alpha value is -3.40. The molecule has 1 heterocycles. The standard InChI is InChI=1S/C26H26N2O2/c29-25(22-12-10-21(11-13-22)20-8-4-3-5-9-20)27-24-16-14-23(15-17-24)26(30)28-18-6-1-2-7-19-28/h3-5,8-17H,1-2,6-7,18-19H2,(H,27,29). The van der Waals surface area contributed by atoms with Crippen LogP contribution in [-0.4, -0.2) is 29.8 Å². The van der Waals surface area contributed by atoms with Crippen LogP contribution in [0.15, 0.2) is 78.9 Å². The largest absolute Gasteiger partial charge is 0.339 e. The van der Waals surface area contributed by atoms with Crippen molar-refractivity contribution in [2.45, 2.75) is 25.7 Å². The summed E-state index contributed by atoms with van der Waals surface area (Å²) in [5.74, 6) is -0.0903. The molecule has 1 fully saturated rings. The van der Waals surface area contributed by atoms with Crippen molar-refractivity contribution in [2.75, 3.05) is 18.4 Å². The predicted molar refractivity (Wildman–Crippen MR) is 121 cm³/mol. The van der Waals surface area contributed by atoms with Crippen LogP contribution in [0.1, 0.15) is 46.4 Å². The Morgan fingerprint density at radius 3 is 1.83 bits per heavy atom. The molecule has 0 radical (unpaired) electrons. The quantitative estimate of drug-likeness (QED) is 0.620. The second kappa shape index (κ2) is 9.40. The van der Waals surface area contributed by atoms with Crippen LogP contribution in [0.3, 0.4) is 0 Å². The molecule has 1 aliphatic heterocycles. The fourth-order valence-corrected chi connectivity index (χ4v) is 3.80. The first-order chi connectivity index (χ1) is 14.7. The van der Waals surface area contributed by atoms with Crippen molar-refractivity contribution < 1.29 is 9.59 Å². The lowest BCUT2D eigenvalue weighted by molar-refractivity contribution is 0.0761. The fraction of sp³-hybridized carbons (Fsp3) is 0.231. The summed E-state index contributed by atoms with van der Waals surface area (Å²) in [5, 5.41) is 2.91. The average molecular weight is 399 g/mol. The third kappa shape index (κ3) is 4.77. The van der Waals surface area contributed by atoms with Gasteiger partial charge in [-0.2, -0.15) is 0 Å². The summed E-state index contributed by atoms with van der Waals surface area (Å²) >= 11 is 0. The van der Waals surface area contributed by atoms with Gasteiger partial charge >= 0.3 is 0 Å². The van der Waals surface area contributed by atoms with Gasteiger partial charge in [-0.15, -0.1) is 0 Å². The maximum Gasteiger partial charge on any atom is 0.255 e. The number of carbonyl (C=O) groups is 2. The number of carbonyl (C=O) groups excluding carboxylic acids is 2. The Morgan fingerprint density at radius 1 is 0.633 bits per heavy atom. The summed E-state index contributed by atoms with van der Waals surface area (Å²) < 4.78 is 0. The summed E-state index contributed by atoms with van der Waals surface area (Å²) in [5.41, 5.74) is 4.14. The first-order valence-electron chi connectivity index (χ1n) is 10.6. The molecule has 3 aromatic carbocycles. The van der Waals surface area contributed by atoms with E-state index in [0.29, 0.717) is 16.8 Å². The Balaban J connectivity index is 1.39. The van der Waals surface area contributed by atoms with E-state index < -0.39 is 0 Å². The van der Waals surface area contributed by atoms with Crippen molar-refractivity contribution in [3.8, 4) is 11.1 Å². The van der Waals surface area contributed by atoms with E-state index in [1.165, 1.54) is 12.8 Å². The van der Waals surface area contributed by atoms with Crippen LogP contribution in [0.25, 0.3) is 11.1 Å². The number of anilines is 1. The molecule has 2 amide bonds. The summed E-state index contributed by atoms with van der Waals surface area (Å²) in [7, 11) is 0. The molecule has 4 heteroatoms. The van der Waals surface area contributed by atoms with Gasteiger partial charge in [-0.3, -0.25) is 9.59 Å². The lowest BCUT2D eigenvalue weighted by Crippen LogP contribution is -2.31. The summed E-state index contributed by atoms with van der Waals surface area (Å²) in [6.45, 7) is 1.66. The maximum absolute atomic E-state index is 12.7. The van der Waals surface area contributed by atoms with E-state index in [1.54, 1.807) is 24.3 Å². The topological polar surface area (TPSA) is 49.4 Å². The normalized spacial score (nSPS) is 14.1. The number of hydrogen-bond donors (Lipinski definition) is 1. The summed E-state index contributed by atoms with van der Waals surface area (Å²) in [4.78, 5) is 27.2. The second-order valence-electron chi connectivity index (χ2n) is 7.68. The smallest absolute Gasteiger partial charge is 0.255 e. The van der Waals surface area contributed by atoms with Gasteiger partial charge in [0.1, 0.15) is 0 Å². The first kappa shape index (κ1) is 19.9. The van der Waals surface area contributed by atoms with Gasteiger partial charge in [0.05, 0.1) is 0 Å². The van der Waals surface area contributed by atoms with Crippen LogP contribution in [0.4, 0.5) is 5.69 Å². The second-order valence-corrected chi connectivity index (χ2v) is 7.68. The van der Waals surface area contributed by atoms with Gasteiger partial charge in [-0.05, 0) is 60.4 Å². The number of amides is 2. The number of nitrogens with zero attached hydrogens (tertiary/aromatic N) is 1. The molecule has 1 aliphatic rings. The van der Waals surface area contributed by atoms with Gasteiger partial charge in [0.15, 0.2) is 0 Å². The molecule has 0 aliphatic carbocycles. The molecule has 0 atom stereocenters. The van der Waals surface area contributed by atoms with Crippen molar-refractivity contribution in [3.63, 3.8) is 0 Å². The van der Waals surface area contributed by atoms with Crippen LogP contribution in [0, 0.1) is 0 Å². The minimum atomic E-state index is -0.166. The molecule has 0 aromatic heterocycles. The highest BCUT2D eigenvalue weighted by Gasteiger charge is 2.17. The van der Waals surface area contributed by atoms with Gasteiger partial charge in [-0.1, -0.05) is 55.3 Å². The van der Waals surface area contributed by atoms with E-state index >= 15 is 0 Å². The molecule has 0 spiro atoms. The third-order valence-electron chi connectivity index (χ3n) is 5.54. The number of nitrogens with one attached hydrogen (secondary N) is 1. The van der Waals surface area contributed by atoms with Crippen molar-refractivity contribution in [3.05, 3.63) is 90.0 Å². The summed E-state index contributed by atoms with van der Waals surface area (Å²) in [6, 6.07) is 24.8. The maximum atomic E-state index is 12.7. The molecule has 0 unspecified atom stereocenters. The van der Waals surface area contributed by atoms with Crippen molar-refractivity contribution in [2.24, 2.45) is 0 Å². The van der Waals surface area contributed by atoms with Gasteiger partial charge in [0.25, 0.3) is 11.8 Å². The van der Waals surface area contributed by atoms with Gasteiger partial charge in [0, 0.05) is 29.9 Å². The van der Waals surface area contributed by atoms with E-state index in [2.05, 4.69) is 5.32 Å². The highest BCUT2D eigenvalue weighted by Crippen LogP contribution is 2.20. The van der Waals surface area contributed by atoms with Crippen LogP contribution in [0.5, 0.6) is 0 Å². The minimum Gasteiger partial charge on any atom is -0.339 e. The van der Waals surface area contributed by atoms with Gasteiger partial charge < -0.3 is 10.2 Å². The SMILES string of the molecule is O=C(Nc1ccc(C(=O)N2CCCCCC2)cc1)c1ccc(-c2ccccc2)cc1. The van der Waals surface area contributed by atoms with E-state index in [-0.39, 0.29) is 11.8 Å². The molecular formula is C26H26N2O2. The Kier molecular flexibility index (Phi) is 6.23. The van der Waals surface area contributed by atoms with Gasteiger partial charge in [0.2, 0.25) is 0 Å². The minimum absolute atomic E-state index is 0.0753. The van der Waals surface area contributed by atoms with Crippen LogP contribution in [-0.2, 0) is 0 Å². The molecular weight excluding hydrogens is 372 g/mol. The van der Waals surface area contributed by atoms with E-state index in [1.807, 2.05) is 59.5 Å². The summed E-state index contributed by atoms with van der Waals surface area (Å²) in [6.07, 6.45) is 4.54. The number of hydrogen-bond acceptors (Lipinski definition) is 2. The molecule has 30 heavy (non-hydrogen) atoms. The molecule has 152 valence electrons. The fourth-order valence-electron chi connectivity index (χ4n) is 3.80. The number of likely N-dealkylation sites (tertiary alicyclic amines) is 1. The van der Waals surface area contributed by atoms with Crippen molar-refractivity contribution >= 4 is 17.5 Å². The molecule has 4 nitrogen and oxygen atoms in total. The molecule has 0 saturated carbocycles. The number of rotatable bonds is 4. The zero-order valence-electron chi connectivity index (χ0n) is 17.0. The molecule has 1 saturated heterocycles. The predicted octanol–water partition coefficient (Wildman–Crippen LogP) is 5.62. The monoisotopic (exact) mass is 398 g/mol. The lowest BCUT2D eigenvalue weighted by Gasteiger charge is -2.20. The molecule has 4 rings (SSSR count). The lowest BCUT2D eigenvalue weighted by atomic mass is 10.0. The van der Waals surface area contributed by atoms with Crippen LogP contribution >= 0.6 is 0 Å². The molecule has 1 N–H and O–H groups in total. The molecule has 3 aromatic rings. The Labute approximate surface area is 177 Å². The molecule has 0 bridgehead atoms. The van der Waals surface area contributed by atoms with Gasteiger partial charge in [-0.25, -0.2) is 0 Å². The average Bonchev–Trinajstić information content (AvgIpc) is 3.09. The van der Waals surface area contributed by atoms with Crippen LogP contribution < -0.4 is 5.32 Å². The zero-order chi connectivity index (χ0) is 20.8. The van der Waals surface area contributed by atoms with Crippen molar-refractivity contribution in [1.29, 1.82) is 0 Å². The number of benzene rings is 3. The van der Waals surface area contributed by atoms with E-state index in [9.17, 15) is 9.59 Å². The first-order valence-corrected chi connectivity index (χ1v) is 10.6. The Bertz CT molecular complexity index is 987. The third-order valence-corrected chi connectivity index (χ3v) is 5.54. The Morgan fingerprint density at radius 2 is 1.20 bits per heavy atom. The van der Waals surface area contributed by atoms with E-state index in [0.717, 1.165) is 37.1 Å². The van der Waals surface area contributed by atoms with E-state index in [4.69, 9.17) is 0 Å². The van der Waals surface area contributed by atoms with Crippen LogP contribution in [0.2, 0.25) is 0 Å². The highest BCUT2D eigenvalue weighted by atomic mass is 16.2. The van der Waals surface area contributed by atoms with Crippen molar-refractivity contribution in [1.82, 2.24) is 4.90 Å². The highest BCUT2D eigenvalue weighted by molar-refractivity contribution is 6.04. The zero-order valence-corrected chi connectivity index (χ0v) is 17.0.